The number of nitrogens with zero attached hydrogens (tertiary/aromatic N) is 2. The van der Waals surface area contributed by atoms with Crippen LogP contribution in [0, 0.1) is 5.92 Å². The lowest BCUT2D eigenvalue weighted by molar-refractivity contribution is -0.123. The van der Waals surface area contributed by atoms with Crippen molar-refractivity contribution in [2.24, 2.45) is 5.92 Å². The second kappa shape index (κ2) is 17.5. The molecule has 0 bridgehead atoms. The van der Waals surface area contributed by atoms with Gasteiger partial charge in [0.05, 0.1) is 11.4 Å². The van der Waals surface area contributed by atoms with Gasteiger partial charge < -0.3 is 16.0 Å². The van der Waals surface area contributed by atoms with Gasteiger partial charge in [0.2, 0.25) is 5.91 Å². The molecule has 7 heteroatoms. The van der Waals surface area contributed by atoms with E-state index in [1.807, 2.05) is 97.1 Å². The molecule has 0 saturated carbocycles. The van der Waals surface area contributed by atoms with E-state index in [-0.39, 0.29) is 17.6 Å². The van der Waals surface area contributed by atoms with E-state index in [0.717, 1.165) is 28.1 Å². The number of amides is 1. The summed E-state index contributed by atoms with van der Waals surface area (Å²) in [4.78, 5) is 36.3. The third kappa shape index (κ3) is 9.76. The highest BCUT2D eigenvalue weighted by Crippen LogP contribution is 2.24. The molecular formula is C39H41N5O2. The van der Waals surface area contributed by atoms with Crippen LogP contribution in [0.15, 0.2) is 134 Å². The molecule has 1 atom stereocenters. The van der Waals surface area contributed by atoms with Crippen LogP contribution < -0.4 is 16.0 Å². The largest absolute Gasteiger partial charge is 0.355 e. The zero-order valence-corrected chi connectivity index (χ0v) is 26.0. The minimum absolute atomic E-state index is 0.0278. The van der Waals surface area contributed by atoms with E-state index in [1.54, 1.807) is 12.4 Å². The summed E-state index contributed by atoms with van der Waals surface area (Å²) in [5.74, 6) is -1.23. The van der Waals surface area contributed by atoms with Crippen LogP contribution in [0.5, 0.6) is 0 Å². The number of nitrogens with one attached hydrogen (secondary N) is 3. The lowest BCUT2D eigenvalue weighted by Gasteiger charge is -2.21. The van der Waals surface area contributed by atoms with Crippen LogP contribution in [0.3, 0.4) is 0 Å². The van der Waals surface area contributed by atoms with Gasteiger partial charge >= 0.3 is 0 Å². The Labute approximate surface area is 271 Å². The maximum absolute atomic E-state index is 13.9. The van der Waals surface area contributed by atoms with Crippen molar-refractivity contribution in [3.05, 3.63) is 167 Å². The SMILES string of the molecule is O=C(NCC(c1ccccc1)c1ccccc1)C(CCCNCc1ccccn1)C(=O)c1ccc(CNCc2ccccn2)cc1. The molecule has 2 aromatic heterocycles. The average Bonchev–Trinajstić information content (AvgIpc) is 3.12. The Morgan fingerprint density at radius 2 is 1.17 bits per heavy atom. The number of ketones is 1. The Morgan fingerprint density at radius 3 is 1.74 bits per heavy atom. The number of hydrogen-bond acceptors (Lipinski definition) is 6. The molecule has 0 spiro atoms. The lowest BCUT2D eigenvalue weighted by atomic mass is 9.89. The highest BCUT2D eigenvalue weighted by Gasteiger charge is 2.28. The third-order valence-electron chi connectivity index (χ3n) is 8.00. The Morgan fingerprint density at radius 1 is 0.609 bits per heavy atom. The van der Waals surface area contributed by atoms with Gasteiger partial charge in [0.15, 0.2) is 5.78 Å². The molecular weight excluding hydrogens is 570 g/mol. The van der Waals surface area contributed by atoms with Crippen molar-refractivity contribution in [2.75, 3.05) is 13.1 Å². The fourth-order valence-electron chi connectivity index (χ4n) is 5.48. The smallest absolute Gasteiger partial charge is 0.230 e. The molecule has 1 amide bonds. The summed E-state index contributed by atoms with van der Waals surface area (Å²) in [6, 6.07) is 39.5. The summed E-state index contributed by atoms with van der Waals surface area (Å²) in [6.07, 6.45) is 4.67. The maximum Gasteiger partial charge on any atom is 0.230 e. The van der Waals surface area contributed by atoms with Crippen LogP contribution in [-0.4, -0.2) is 34.7 Å². The van der Waals surface area contributed by atoms with Crippen LogP contribution >= 0.6 is 0 Å². The third-order valence-corrected chi connectivity index (χ3v) is 8.00. The van der Waals surface area contributed by atoms with E-state index < -0.39 is 5.92 Å². The van der Waals surface area contributed by atoms with Gasteiger partial charge in [-0.05, 0) is 60.3 Å². The molecule has 3 aromatic carbocycles. The first kappa shape index (κ1) is 32.4. The highest BCUT2D eigenvalue weighted by atomic mass is 16.2. The summed E-state index contributed by atoms with van der Waals surface area (Å²) in [5, 5.41) is 9.93. The predicted molar refractivity (Wildman–Crippen MR) is 182 cm³/mol. The van der Waals surface area contributed by atoms with Gasteiger partial charge in [0, 0.05) is 50.1 Å². The van der Waals surface area contributed by atoms with Crippen molar-refractivity contribution in [3.63, 3.8) is 0 Å². The van der Waals surface area contributed by atoms with E-state index in [0.29, 0.717) is 51.1 Å². The molecule has 2 heterocycles. The van der Waals surface area contributed by atoms with Gasteiger partial charge in [-0.25, -0.2) is 0 Å². The molecule has 0 aliphatic heterocycles. The van der Waals surface area contributed by atoms with Gasteiger partial charge in [-0.3, -0.25) is 19.6 Å². The molecule has 0 aliphatic carbocycles. The second-order valence-electron chi connectivity index (χ2n) is 11.3. The molecule has 3 N–H and O–H groups in total. The minimum Gasteiger partial charge on any atom is -0.355 e. The molecule has 234 valence electrons. The number of hydrogen-bond donors (Lipinski definition) is 3. The zero-order valence-electron chi connectivity index (χ0n) is 26.0. The van der Waals surface area contributed by atoms with Crippen molar-refractivity contribution in [1.29, 1.82) is 0 Å². The van der Waals surface area contributed by atoms with E-state index in [2.05, 4.69) is 50.2 Å². The maximum atomic E-state index is 13.9. The van der Waals surface area contributed by atoms with Crippen molar-refractivity contribution in [2.45, 2.75) is 38.4 Å². The van der Waals surface area contributed by atoms with Crippen molar-refractivity contribution < 1.29 is 9.59 Å². The first-order valence-electron chi connectivity index (χ1n) is 15.9. The minimum atomic E-state index is -0.794. The molecule has 5 rings (SSSR count). The molecule has 1 unspecified atom stereocenters. The summed E-state index contributed by atoms with van der Waals surface area (Å²) in [7, 11) is 0. The molecule has 7 nitrogen and oxygen atoms in total. The van der Waals surface area contributed by atoms with Crippen LogP contribution in [-0.2, 0) is 24.4 Å². The molecule has 46 heavy (non-hydrogen) atoms. The first-order chi connectivity index (χ1) is 22.7. The van der Waals surface area contributed by atoms with Gasteiger partial charge in [0.1, 0.15) is 5.92 Å². The molecule has 0 fully saturated rings. The Kier molecular flexibility index (Phi) is 12.3. The number of carbonyl (C=O) groups is 2. The molecule has 0 saturated heterocycles. The summed E-state index contributed by atoms with van der Waals surface area (Å²) < 4.78 is 0. The Hall–Kier alpha value is -4.98. The van der Waals surface area contributed by atoms with E-state index in [9.17, 15) is 9.59 Å². The van der Waals surface area contributed by atoms with Gasteiger partial charge in [-0.15, -0.1) is 0 Å². The fraction of sp³-hybridized carbons (Fsp3) is 0.231. The van der Waals surface area contributed by atoms with Crippen LogP contribution in [0.4, 0.5) is 0 Å². The Bertz CT molecular complexity index is 1580. The number of pyridine rings is 2. The number of benzene rings is 3. The predicted octanol–water partition coefficient (Wildman–Crippen LogP) is 6.08. The standard InChI is InChI=1S/C39H41N5O2/c45-38(33-21-19-30(20-22-33)26-41-28-35-17-8-10-25-43-35)36(18-11-23-40-27-34-16-7-9-24-42-34)39(46)44-29-37(31-12-3-1-4-13-31)32-14-5-2-6-15-32/h1-10,12-17,19-22,24-25,36-37,40-41H,11,18,23,26-29H2,(H,44,46). The quantitative estimate of drug-likeness (QED) is 0.0670. The van der Waals surface area contributed by atoms with Crippen molar-refractivity contribution >= 4 is 11.7 Å². The van der Waals surface area contributed by atoms with Crippen LogP contribution in [0.1, 0.15) is 57.2 Å². The number of rotatable bonds is 17. The van der Waals surface area contributed by atoms with E-state index in [4.69, 9.17) is 0 Å². The highest BCUT2D eigenvalue weighted by molar-refractivity contribution is 6.10. The zero-order chi connectivity index (χ0) is 31.8. The monoisotopic (exact) mass is 611 g/mol. The molecule has 0 aliphatic rings. The van der Waals surface area contributed by atoms with Gasteiger partial charge in [-0.1, -0.05) is 97.1 Å². The topological polar surface area (TPSA) is 96.0 Å². The fourth-order valence-corrected chi connectivity index (χ4v) is 5.48. The molecule has 0 radical (unpaired) electrons. The number of carbonyl (C=O) groups excluding carboxylic acids is 2. The molecule has 5 aromatic rings. The van der Waals surface area contributed by atoms with Crippen LogP contribution in [0.2, 0.25) is 0 Å². The number of aromatic nitrogens is 2. The average molecular weight is 612 g/mol. The van der Waals surface area contributed by atoms with Crippen LogP contribution in [0.25, 0.3) is 0 Å². The number of Topliss-reactive ketones (excluding diaryl/α,β-unsaturated/α-hetero) is 1. The van der Waals surface area contributed by atoms with Crippen molar-refractivity contribution in [3.8, 4) is 0 Å². The Balaban J connectivity index is 1.23. The summed E-state index contributed by atoms with van der Waals surface area (Å²) in [6.45, 7) is 3.01. The van der Waals surface area contributed by atoms with Gasteiger partial charge in [0.25, 0.3) is 0 Å². The lowest BCUT2D eigenvalue weighted by Crippen LogP contribution is -2.38. The normalized spacial score (nSPS) is 11.7. The van der Waals surface area contributed by atoms with E-state index >= 15 is 0 Å². The summed E-state index contributed by atoms with van der Waals surface area (Å²) >= 11 is 0. The van der Waals surface area contributed by atoms with E-state index in [1.165, 1.54) is 0 Å². The van der Waals surface area contributed by atoms with Crippen molar-refractivity contribution in [1.82, 2.24) is 25.9 Å². The second-order valence-corrected chi connectivity index (χ2v) is 11.3. The first-order valence-corrected chi connectivity index (χ1v) is 15.9. The van der Waals surface area contributed by atoms with Gasteiger partial charge in [-0.2, -0.15) is 0 Å². The summed E-state index contributed by atoms with van der Waals surface area (Å²) in [5.41, 5.74) is 5.75.